The van der Waals surface area contributed by atoms with Gasteiger partial charge in [0.2, 0.25) is 0 Å². The molecule has 118 valence electrons. The minimum atomic E-state index is -0.114. The van der Waals surface area contributed by atoms with Crippen LogP contribution in [0.1, 0.15) is 54.4 Å². The summed E-state index contributed by atoms with van der Waals surface area (Å²) >= 11 is -0.114. The van der Waals surface area contributed by atoms with Gasteiger partial charge in [-0.3, -0.25) is 0 Å². The van der Waals surface area contributed by atoms with Crippen LogP contribution in [0, 0.1) is 10.8 Å². The molecule has 0 bridgehead atoms. The molecule has 0 aromatic rings. The Kier molecular flexibility index (Phi) is 7.78. The molecule has 3 heteroatoms. The smallest absolute Gasteiger partial charge is 0.147 e. The molecule has 0 nitrogen and oxygen atoms in total. The molecule has 0 saturated heterocycles. The van der Waals surface area contributed by atoms with E-state index in [1.807, 2.05) is 0 Å². The van der Waals surface area contributed by atoms with E-state index in [0.717, 1.165) is 0 Å². The molecule has 2 aliphatic rings. The Labute approximate surface area is 152 Å². The van der Waals surface area contributed by atoms with Crippen molar-refractivity contribution in [1.82, 2.24) is 0 Å². The van der Waals surface area contributed by atoms with Crippen LogP contribution in [0.2, 0.25) is 0 Å². The van der Waals surface area contributed by atoms with Crippen LogP contribution in [-0.2, 0) is 19.2 Å². The van der Waals surface area contributed by atoms with Crippen LogP contribution >= 0.6 is 24.8 Å². The monoisotopic (exact) mass is 362 g/mol. The van der Waals surface area contributed by atoms with Gasteiger partial charge in [0, 0.05) is 0 Å². The quantitative estimate of drug-likeness (QED) is 0.496. The fourth-order valence-electron chi connectivity index (χ4n) is 2.83. The maximum absolute atomic E-state index is 2.37. The topological polar surface area (TPSA) is 0 Å². The summed E-state index contributed by atoms with van der Waals surface area (Å²) in [5.41, 5.74) is 3.83. The van der Waals surface area contributed by atoms with Crippen LogP contribution in [0.3, 0.4) is 0 Å². The molecular weight excluding hydrogens is 335 g/mol. The van der Waals surface area contributed by atoms with Gasteiger partial charge >= 0.3 is 128 Å². The zero-order valence-corrected chi connectivity index (χ0v) is 17.2. The van der Waals surface area contributed by atoms with E-state index in [-0.39, 0.29) is 44.0 Å². The maximum atomic E-state index is 2.37. The standard InChI is InChI=1S/2C9H13.2ClH.Ti/c2*1-9(2,3)8-6-4-5-7-8;;;/h2*4,6H,5H2,1-3H3;2*1H;. The molecule has 0 aliphatic heterocycles. The second kappa shape index (κ2) is 7.69. The van der Waals surface area contributed by atoms with E-state index in [9.17, 15) is 0 Å². The zero-order chi connectivity index (χ0) is 14.3. The zero-order valence-electron chi connectivity index (χ0n) is 14.0. The van der Waals surface area contributed by atoms with E-state index >= 15 is 0 Å². The average molecular weight is 363 g/mol. The Hall–Kier alpha value is 0.254. The van der Waals surface area contributed by atoms with Gasteiger partial charge in [0.1, 0.15) is 0 Å². The predicted molar refractivity (Wildman–Crippen MR) is 95.0 cm³/mol. The fourth-order valence-corrected chi connectivity index (χ4v) is 5.94. The minimum Gasteiger partial charge on any atom is -0.147 e. The van der Waals surface area contributed by atoms with Crippen LogP contribution in [0.15, 0.2) is 43.2 Å². The van der Waals surface area contributed by atoms with Crippen molar-refractivity contribution in [3.05, 3.63) is 43.2 Å². The van der Waals surface area contributed by atoms with Crippen LogP contribution in [0.5, 0.6) is 0 Å². The third-order valence-electron chi connectivity index (χ3n) is 3.78. The van der Waals surface area contributed by atoms with Gasteiger partial charge in [-0.2, -0.15) is 0 Å². The number of hydrogen-bond donors (Lipinski definition) is 0. The van der Waals surface area contributed by atoms with E-state index in [4.69, 9.17) is 0 Å². The number of hydrogen-bond acceptors (Lipinski definition) is 0. The van der Waals surface area contributed by atoms with E-state index < -0.39 is 0 Å². The maximum Gasteiger partial charge on any atom is -0.147 e. The Morgan fingerprint density at radius 3 is 1.33 bits per heavy atom. The summed E-state index contributed by atoms with van der Waals surface area (Å²) in [6.07, 6.45) is 11.9. The van der Waals surface area contributed by atoms with Crippen molar-refractivity contribution in [3.63, 3.8) is 0 Å². The largest absolute Gasteiger partial charge is 0.147 e. The normalized spacial score (nSPS) is 18.0. The molecule has 0 heterocycles. The molecule has 0 amide bonds. The van der Waals surface area contributed by atoms with Crippen molar-refractivity contribution in [2.45, 2.75) is 54.4 Å². The Bertz CT molecular complexity index is 448. The summed E-state index contributed by atoms with van der Waals surface area (Å²) in [5, 5.41) is 0. The average Bonchev–Trinajstić information content (AvgIpc) is 2.83. The molecule has 0 saturated carbocycles. The Balaban J connectivity index is 0.00000200. The number of halogens is 2. The molecule has 0 aromatic heterocycles. The molecule has 0 atom stereocenters. The number of rotatable bonds is 2. The van der Waals surface area contributed by atoms with Crippen LogP contribution in [-0.4, -0.2) is 0 Å². The predicted octanol–water partition coefficient (Wildman–Crippen LogP) is 6.43. The minimum absolute atomic E-state index is 0. The molecule has 0 N–H and O–H groups in total. The van der Waals surface area contributed by atoms with Gasteiger partial charge in [-0.25, -0.2) is 0 Å². The van der Waals surface area contributed by atoms with Gasteiger partial charge in [-0.1, -0.05) is 0 Å². The fraction of sp³-hybridized carbons (Fsp3) is 0.556. The third-order valence-corrected chi connectivity index (χ3v) is 6.20. The summed E-state index contributed by atoms with van der Waals surface area (Å²) in [7, 11) is 0. The van der Waals surface area contributed by atoms with Crippen molar-refractivity contribution in [3.8, 4) is 0 Å². The first kappa shape index (κ1) is 21.3. The van der Waals surface area contributed by atoms with Crippen molar-refractivity contribution in [1.29, 1.82) is 0 Å². The Morgan fingerprint density at radius 2 is 1.05 bits per heavy atom. The Morgan fingerprint density at radius 1 is 0.714 bits per heavy atom. The van der Waals surface area contributed by atoms with Crippen LogP contribution in [0.25, 0.3) is 0 Å². The molecule has 2 rings (SSSR count). The summed E-state index contributed by atoms with van der Waals surface area (Å²) in [4.78, 5) is 0. The first-order chi connectivity index (χ1) is 8.69. The second-order valence-corrected chi connectivity index (χ2v) is 9.90. The van der Waals surface area contributed by atoms with Gasteiger partial charge in [-0.15, -0.1) is 24.8 Å². The van der Waals surface area contributed by atoms with Crippen molar-refractivity contribution in [2.75, 3.05) is 0 Å². The van der Waals surface area contributed by atoms with Crippen molar-refractivity contribution >= 4 is 24.8 Å². The van der Waals surface area contributed by atoms with E-state index in [1.54, 1.807) is 18.9 Å². The summed E-state index contributed by atoms with van der Waals surface area (Å²) in [5.74, 6) is 0. The molecular formula is C18H28Cl2Ti. The summed E-state index contributed by atoms with van der Waals surface area (Å²) in [6, 6.07) is 0. The molecule has 0 spiro atoms. The van der Waals surface area contributed by atoms with Crippen molar-refractivity contribution < 1.29 is 19.2 Å². The number of allylic oxidation sites excluding steroid dienone is 8. The molecule has 2 aliphatic carbocycles. The molecule has 21 heavy (non-hydrogen) atoms. The molecule has 0 fully saturated rings. The van der Waals surface area contributed by atoms with E-state index in [0.29, 0.717) is 10.8 Å². The first-order valence-corrected chi connectivity index (χ1v) is 8.83. The van der Waals surface area contributed by atoms with E-state index in [2.05, 4.69) is 65.8 Å². The van der Waals surface area contributed by atoms with Gasteiger partial charge in [0.15, 0.2) is 0 Å². The van der Waals surface area contributed by atoms with Gasteiger partial charge < -0.3 is 0 Å². The van der Waals surface area contributed by atoms with E-state index in [1.165, 1.54) is 12.8 Å². The SMILES string of the molecule is CC(C)(C)C1=[C]([Ti][C]2=C(C(C)(C)C)C=CC2)CC=C1.Cl.Cl. The van der Waals surface area contributed by atoms with Crippen LogP contribution in [0.4, 0.5) is 0 Å². The van der Waals surface area contributed by atoms with Crippen LogP contribution < -0.4 is 0 Å². The first-order valence-electron chi connectivity index (χ1n) is 7.27. The van der Waals surface area contributed by atoms with Crippen molar-refractivity contribution in [2.24, 2.45) is 10.8 Å². The molecule has 0 radical (unpaired) electrons. The second-order valence-electron chi connectivity index (χ2n) is 7.62. The van der Waals surface area contributed by atoms with Gasteiger partial charge in [0.25, 0.3) is 0 Å². The third kappa shape index (κ3) is 5.13. The van der Waals surface area contributed by atoms with Gasteiger partial charge in [0.05, 0.1) is 0 Å². The summed E-state index contributed by atoms with van der Waals surface area (Å²) < 4.78 is 3.51. The molecule has 0 unspecified atom stereocenters. The van der Waals surface area contributed by atoms with Gasteiger partial charge in [-0.05, 0) is 0 Å². The summed E-state index contributed by atoms with van der Waals surface area (Å²) in [6.45, 7) is 14.1. The molecule has 0 aromatic carbocycles.